The van der Waals surface area contributed by atoms with Crippen LogP contribution in [0.3, 0.4) is 0 Å². The molecular formula is C39H34N6O2. The Morgan fingerprint density at radius 2 is 1.66 bits per heavy atom. The Hall–Kier alpha value is -4.97. The van der Waals surface area contributed by atoms with Crippen molar-refractivity contribution in [1.82, 2.24) is 30.3 Å². The van der Waals surface area contributed by atoms with Gasteiger partial charge in [-0.2, -0.15) is 0 Å². The molecule has 4 aromatic carbocycles. The van der Waals surface area contributed by atoms with E-state index >= 15 is 0 Å². The van der Waals surface area contributed by atoms with E-state index in [1.165, 1.54) is 12.8 Å². The highest BCUT2D eigenvalue weighted by Crippen LogP contribution is 2.48. The number of nitrogens with one attached hydrogen (secondary N) is 3. The van der Waals surface area contributed by atoms with Gasteiger partial charge in [-0.1, -0.05) is 48.6 Å². The Balaban J connectivity index is 0.918. The molecule has 2 aromatic heterocycles. The van der Waals surface area contributed by atoms with Crippen LogP contribution < -0.4 is 5.32 Å². The summed E-state index contributed by atoms with van der Waals surface area (Å²) in [7, 11) is 0. The number of hydrogen-bond donors (Lipinski definition) is 3. The van der Waals surface area contributed by atoms with Crippen molar-refractivity contribution in [3.05, 3.63) is 107 Å². The van der Waals surface area contributed by atoms with Crippen molar-refractivity contribution in [2.45, 2.75) is 62.7 Å². The molecule has 47 heavy (non-hydrogen) atoms. The van der Waals surface area contributed by atoms with Gasteiger partial charge >= 0.3 is 5.97 Å². The fraction of sp³-hybridized carbons (Fsp3) is 0.308. The van der Waals surface area contributed by atoms with Crippen molar-refractivity contribution in [1.29, 1.82) is 0 Å². The van der Waals surface area contributed by atoms with Crippen LogP contribution in [0.25, 0.3) is 32.8 Å². The molecule has 6 atom stereocenters. The molecule has 0 radical (unpaired) electrons. The molecule has 8 nitrogen and oxygen atoms in total. The monoisotopic (exact) mass is 618 g/mol. The summed E-state index contributed by atoms with van der Waals surface area (Å²) in [6.07, 6.45) is 6.76. The number of imidazole rings is 2. The maximum atomic E-state index is 13.1. The summed E-state index contributed by atoms with van der Waals surface area (Å²) < 4.78 is 0. The summed E-state index contributed by atoms with van der Waals surface area (Å²) in [5.74, 6) is 9.63. The van der Waals surface area contributed by atoms with Gasteiger partial charge in [-0.25, -0.2) is 14.8 Å². The first kappa shape index (κ1) is 27.2. The maximum Gasteiger partial charge on any atom is 0.357 e. The van der Waals surface area contributed by atoms with E-state index in [0.29, 0.717) is 23.6 Å². The number of piperidine rings is 1. The van der Waals surface area contributed by atoms with Crippen molar-refractivity contribution < 1.29 is 9.63 Å². The summed E-state index contributed by atoms with van der Waals surface area (Å²) in [4.78, 5) is 36.3. The average molecular weight is 619 g/mol. The SMILES string of the molecule is O=C(ON1[C@@H]2CCC[C@H]2C[C@H]1c1nc2c(ccc3cc(C#Cc4ccc5nc([C@@H]6C[C@H]7C[C@H]7N6)[nH]c5c4)ccc32)[nH]1)c1ccccc1. The lowest BCUT2D eigenvalue weighted by molar-refractivity contribution is -0.148. The zero-order valence-corrected chi connectivity index (χ0v) is 25.9. The van der Waals surface area contributed by atoms with Gasteiger partial charge in [0.1, 0.15) is 17.7 Å². The second-order valence-electron chi connectivity index (χ2n) is 13.8. The Morgan fingerprint density at radius 3 is 2.53 bits per heavy atom. The molecule has 4 heterocycles. The second-order valence-corrected chi connectivity index (χ2v) is 13.8. The first-order valence-electron chi connectivity index (χ1n) is 16.9. The van der Waals surface area contributed by atoms with Crippen LogP contribution in [-0.4, -0.2) is 43.1 Å². The van der Waals surface area contributed by atoms with E-state index in [4.69, 9.17) is 14.8 Å². The topological polar surface area (TPSA) is 98.9 Å². The second kappa shape index (κ2) is 10.5. The van der Waals surface area contributed by atoms with Gasteiger partial charge in [-0.3, -0.25) is 0 Å². The van der Waals surface area contributed by atoms with E-state index in [2.05, 4.69) is 69.6 Å². The van der Waals surface area contributed by atoms with Crippen molar-refractivity contribution in [3.8, 4) is 11.8 Å². The standard InChI is InChI=1S/C39H34N6O2/c46-39(24-5-2-1-3-6-24)47-45-34-8-4-7-26(34)21-35(45)38-42-30-16-13-25-17-22(11-14-28(25)36(30)44-38)9-10-23-12-15-29-32(18-23)43-37(41-29)33-20-27-19-31(27)40-33/h1-3,5-6,11-18,26-27,31,33-35,40H,4,7-8,19-21H2,(H,41,43)(H,42,44)/t26-,27+,31+,33-,34+,35-/m0/s1. The molecule has 0 spiro atoms. The third-order valence-electron chi connectivity index (χ3n) is 10.8. The molecule has 2 aliphatic heterocycles. The smallest absolute Gasteiger partial charge is 0.357 e. The minimum atomic E-state index is -0.315. The normalized spacial score (nSPS) is 26.4. The van der Waals surface area contributed by atoms with Gasteiger partial charge in [0.15, 0.2) is 0 Å². The third-order valence-corrected chi connectivity index (χ3v) is 10.8. The first-order chi connectivity index (χ1) is 23.1. The van der Waals surface area contributed by atoms with Crippen LogP contribution in [0.4, 0.5) is 0 Å². The zero-order valence-electron chi connectivity index (χ0n) is 25.9. The van der Waals surface area contributed by atoms with E-state index in [-0.39, 0.29) is 18.1 Å². The summed E-state index contributed by atoms with van der Waals surface area (Å²) >= 11 is 0. The fourth-order valence-corrected chi connectivity index (χ4v) is 8.34. The summed E-state index contributed by atoms with van der Waals surface area (Å²) in [5, 5.41) is 7.79. The zero-order chi connectivity index (χ0) is 31.1. The van der Waals surface area contributed by atoms with Crippen LogP contribution in [0.15, 0.2) is 78.9 Å². The van der Waals surface area contributed by atoms with Crippen LogP contribution in [-0.2, 0) is 4.84 Å². The van der Waals surface area contributed by atoms with Crippen molar-refractivity contribution in [2.24, 2.45) is 11.8 Å². The Bertz CT molecular complexity index is 2250. The molecule has 0 unspecified atom stereocenters. The highest BCUT2D eigenvalue weighted by atomic mass is 16.7. The third kappa shape index (κ3) is 4.72. The van der Waals surface area contributed by atoms with E-state index in [1.54, 1.807) is 12.1 Å². The maximum absolute atomic E-state index is 13.1. The summed E-state index contributed by atoms with van der Waals surface area (Å²) in [6.45, 7) is 0. The average Bonchev–Trinajstić information content (AvgIpc) is 3.70. The van der Waals surface area contributed by atoms with Gasteiger partial charge in [-0.15, -0.1) is 5.06 Å². The lowest BCUT2D eigenvalue weighted by Gasteiger charge is -2.26. The Labute approximate surface area is 271 Å². The predicted molar refractivity (Wildman–Crippen MR) is 180 cm³/mol. The summed E-state index contributed by atoms with van der Waals surface area (Å²) in [5.41, 5.74) is 6.40. The van der Waals surface area contributed by atoms with Gasteiger partial charge in [-0.05, 0) is 97.9 Å². The minimum absolute atomic E-state index is 0.103. The van der Waals surface area contributed by atoms with Crippen molar-refractivity contribution in [2.75, 3.05) is 0 Å². The molecule has 232 valence electrons. The van der Waals surface area contributed by atoms with Gasteiger partial charge in [0.25, 0.3) is 0 Å². The quantitative estimate of drug-likeness (QED) is 0.182. The minimum Gasteiger partial charge on any atom is -0.363 e. The number of carbonyl (C=O) groups excluding carboxylic acids is 1. The number of aromatic nitrogens is 4. The molecule has 2 saturated carbocycles. The highest BCUT2D eigenvalue weighted by molar-refractivity contribution is 6.04. The Kier molecular flexibility index (Phi) is 6.09. The molecule has 0 bridgehead atoms. The molecule has 6 aromatic rings. The summed E-state index contributed by atoms with van der Waals surface area (Å²) in [6, 6.07) is 27.1. The molecule has 2 saturated heterocycles. The number of rotatable bonds is 4. The molecule has 4 fully saturated rings. The number of H-pyrrole nitrogens is 2. The van der Waals surface area contributed by atoms with Crippen LogP contribution in [0.2, 0.25) is 0 Å². The predicted octanol–water partition coefficient (Wildman–Crippen LogP) is 7.10. The molecule has 0 amide bonds. The number of benzene rings is 4. The number of fused-ring (bicyclic) bond motifs is 6. The number of hydrogen-bond acceptors (Lipinski definition) is 6. The molecule has 8 heteroatoms. The van der Waals surface area contributed by atoms with Crippen LogP contribution in [0.1, 0.15) is 83.7 Å². The van der Waals surface area contributed by atoms with E-state index < -0.39 is 0 Å². The molecule has 4 aliphatic rings. The highest BCUT2D eigenvalue weighted by Gasteiger charge is 2.48. The van der Waals surface area contributed by atoms with E-state index in [1.807, 2.05) is 29.3 Å². The molecule has 3 N–H and O–H groups in total. The van der Waals surface area contributed by atoms with Gasteiger partial charge in [0.2, 0.25) is 0 Å². The molecule has 2 aliphatic carbocycles. The first-order valence-corrected chi connectivity index (χ1v) is 16.9. The lowest BCUT2D eigenvalue weighted by Crippen LogP contribution is -2.35. The van der Waals surface area contributed by atoms with E-state index in [0.717, 1.165) is 87.2 Å². The van der Waals surface area contributed by atoms with Crippen LogP contribution in [0.5, 0.6) is 0 Å². The number of carbonyl (C=O) groups is 1. The number of nitrogens with zero attached hydrogens (tertiary/aromatic N) is 3. The molecular weight excluding hydrogens is 584 g/mol. The van der Waals surface area contributed by atoms with E-state index in [9.17, 15) is 4.79 Å². The van der Waals surface area contributed by atoms with Gasteiger partial charge in [0, 0.05) is 28.6 Å². The van der Waals surface area contributed by atoms with Crippen LogP contribution in [0, 0.1) is 23.7 Å². The fourth-order valence-electron chi connectivity index (χ4n) is 8.34. The lowest BCUT2D eigenvalue weighted by atomic mass is 10.0. The van der Waals surface area contributed by atoms with Crippen LogP contribution >= 0.6 is 0 Å². The Morgan fingerprint density at radius 1 is 0.809 bits per heavy atom. The largest absolute Gasteiger partial charge is 0.363 e. The number of hydroxylamine groups is 2. The van der Waals surface area contributed by atoms with Gasteiger partial charge in [0.05, 0.1) is 33.7 Å². The van der Waals surface area contributed by atoms with Crippen molar-refractivity contribution in [3.63, 3.8) is 0 Å². The number of aromatic amines is 2. The van der Waals surface area contributed by atoms with Gasteiger partial charge < -0.3 is 20.1 Å². The van der Waals surface area contributed by atoms with Crippen molar-refractivity contribution >= 4 is 38.8 Å². The molecule has 10 rings (SSSR count).